The van der Waals surface area contributed by atoms with Gasteiger partial charge in [0.15, 0.2) is 0 Å². The number of nitrogens with zero attached hydrogens (tertiary/aromatic N) is 2. The molecule has 1 aliphatic heterocycles. The molecule has 1 aromatic heterocycles. The summed E-state index contributed by atoms with van der Waals surface area (Å²) in [5.41, 5.74) is 4.02. The van der Waals surface area contributed by atoms with Crippen molar-refractivity contribution in [2.75, 3.05) is 26.3 Å². The summed E-state index contributed by atoms with van der Waals surface area (Å²) >= 11 is 4.85. The van der Waals surface area contributed by atoms with Crippen LogP contribution >= 0.6 is 27.3 Å². The van der Waals surface area contributed by atoms with Gasteiger partial charge < -0.3 is 19.5 Å². The smallest absolute Gasteiger partial charge is 0.409 e. The van der Waals surface area contributed by atoms with Gasteiger partial charge in [0.05, 0.1) is 0 Å². The number of ether oxygens (including phenoxy) is 2. The predicted molar refractivity (Wildman–Crippen MR) is 140 cm³/mol. The molecule has 0 radical (unpaired) electrons. The van der Waals surface area contributed by atoms with E-state index in [0.717, 1.165) is 5.01 Å². The number of benzene rings is 2. The van der Waals surface area contributed by atoms with Crippen molar-refractivity contribution in [1.29, 1.82) is 0 Å². The second kappa shape index (κ2) is 10.7. The fourth-order valence-electron chi connectivity index (χ4n) is 5.30. The van der Waals surface area contributed by atoms with Crippen molar-refractivity contribution in [2.45, 2.75) is 37.2 Å². The fraction of sp³-hybridized carbons (Fsp3) is 0.370. The van der Waals surface area contributed by atoms with Crippen LogP contribution in [-0.4, -0.2) is 53.4 Å². The SMILES string of the molecule is O=C(O)COC1(c2nc(Br)cs2)CCCN(C(=O)OCC2c3ccccc3-c3ccccc32)CCC1. The van der Waals surface area contributed by atoms with Crippen LogP contribution in [0.4, 0.5) is 4.79 Å². The van der Waals surface area contributed by atoms with Crippen LogP contribution in [0.25, 0.3) is 11.1 Å². The Morgan fingerprint density at radius 1 is 1.06 bits per heavy atom. The number of halogens is 1. The summed E-state index contributed by atoms with van der Waals surface area (Å²) in [7, 11) is 0. The van der Waals surface area contributed by atoms with Crippen molar-refractivity contribution in [3.63, 3.8) is 0 Å². The number of hydrogen-bond acceptors (Lipinski definition) is 6. The van der Waals surface area contributed by atoms with E-state index in [2.05, 4.69) is 45.2 Å². The molecule has 0 bridgehead atoms. The molecule has 5 rings (SSSR count). The maximum absolute atomic E-state index is 13.1. The standard InChI is InChI=1S/C27H27BrN2O5S/c28-23-17-36-25(29-23)27(35-16-24(31)32)11-5-13-30(14-6-12-27)26(33)34-15-22-20-9-3-1-7-18(20)19-8-2-4-10-21(19)22/h1-4,7-10,17,22H,5-6,11-16H2,(H,31,32). The number of carbonyl (C=O) groups is 2. The minimum Gasteiger partial charge on any atom is -0.480 e. The van der Waals surface area contributed by atoms with Gasteiger partial charge >= 0.3 is 12.1 Å². The molecule has 0 saturated carbocycles. The molecule has 0 spiro atoms. The van der Waals surface area contributed by atoms with Crippen molar-refractivity contribution < 1.29 is 24.2 Å². The third-order valence-corrected chi connectivity index (χ3v) is 8.69. The van der Waals surface area contributed by atoms with Crippen LogP contribution in [0, 0.1) is 0 Å². The fourth-order valence-corrected chi connectivity index (χ4v) is 6.76. The van der Waals surface area contributed by atoms with Gasteiger partial charge in [0.2, 0.25) is 0 Å². The lowest BCUT2D eigenvalue weighted by Gasteiger charge is -2.35. The number of carboxylic acids is 1. The zero-order chi connectivity index (χ0) is 25.1. The lowest BCUT2D eigenvalue weighted by Crippen LogP contribution is -2.40. The lowest BCUT2D eigenvalue weighted by atomic mass is 9.90. The third kappa shape index (κ3) is 5.05. The summed E-state index contributed by atoms with van der Waals surface area (Å²) in [6.07, 6.45) is 2.15. The maximum atomic E-state index is 13.1. The van der Waals surface area contributed by atoms with Crippen LogP contribution in [0.2, 0.25) is 0 Å². The Morgan fingerprint density at radius 2 is 1.67 bits per heavy atom. The molecule has 0 atom stereocenters. The van der Waals surface area contributed by atoms with Crippen molar-refractivity contribution >= 4 is 39.3 Å². The number of aliphatic carboxylic acids is 1. The highest BCUT2D eigenvalue weighted by Crippen LogP contribution is 2.44. The molecule has 0 unspecified atom stereocenters. The Kier molecular flexibility index (Phi) is 7.41. The summed E-state index contributed by atoms with van der Waals surface area (Å²) in [6, 6.07) is 16.6. The minimum atomic E-state index is -1.01. The van der Waals surface area contributed by atoms with Gasteiger partial charge in [-0.15, -0.1) is 11.3 Å². The largest absolute Gasteiger partial charge is 0.480 e. The van der Waals surface area contributed by atoms with Crippen molar-refractivity contribution in [1.82, 2.24) is 9.88 Å². The first-order valence-electron chi connectivity index (χ1n) is 12.0. The van der Waals surface area contributed by atoms with Crippen molar-refractivity contribution in [3.05, 3.63) is 74.6 Å². The first-order chi connectivity index (χ1) is 17.5. The average Bonchev–Trinajstić information content (AvgIpc) is 3.44. The van der Waals surface area contributed by atoms with E-state index in [-0.39, 0.29) is 18.6 Å². The number of amides is 1. The average molecular weight is 571 g/mol. The van der Waals surface area contributed by atoms with Gasteiger partial charge in [0, 0.05) is 24.4 Å². The Balaban J connectivity index is 1.23. The highest BCUT2D eigenvalue weighted by molar-refractivity contribution is 9.10. The number of aromatic nitrogens is 1. The molecular formula is C27H27BrN2O5S. The molecule has 2 heterocycles. The van der Waals surface area contributed by atoms with Gasteiger partial charge in [-0.2, -0.15) is 0 Å². The van der Waals surface area contributed by atoms with Crippen LogP contribution in [0.3, 0.4) is 0 Å². The van der Waals surface area contributed by atoms with Crippen molar-refractivity contribution in [2.24, 2.45) is 0 Å². The molecule has 7 nitrogen and oxygen atoms in total. The molecule has 1 saturated heterocycles. The molecule has 188 valence electrons. The van der Waals surface area contributed by atoms with Crippen LogP contribution in [0.5, 0.6) is 0 Å². The van der Waals surface area contributed by atoms with Gasteiger partial charge in [-0.3, -0.25) is 0 Å². The highest BCUT2D eigenvalue weighted by atomic mass is 79.9. The maximum Gasteiger partial charge on any atom is 0.409 e. The first-order valence-corrected chi connectivity index (χ1v) is 13.7. The number of carboxylic acid groups (broad SMARTS) is 1. The van der Waals surface area contributed by atoms with Gasteiger partial charge in [-0.25, -0.2) is 14.6 Å². The highest BCUT2D eigenvalue weighted by Gasteiger charge is 2.38. The van der Waals surface area contributed by atoms with E-state index in [4.69, 9.17) is 9.47 Å². The molecule has 2 aliphatic rings. The van der Waals surface area contributed by atoms with E-state index in [1.54, 1.807) is 4.90 Å². The first kappa shape index (κ1) is 24.9. The number of likely N-dealkylation sites (tertiary alicyclic amines) is 1. The summed E-state index contributed by atoms with van der Waals surface area (Å²) in [5.74, 6) is -0.983. The molecule has 3 aromatic rings. The van der Waals surface area contributed by atoms with E-state index < -0.39 is 11.6 Å². The second-order valence-electron chi connectivity index (χ2n) is 9.15. The van der Waals surface area contributed by atoms with Gasteiger partial charge in [-0.1, -0.05) is 48.5 Å². The summed E-state index contributed by atoms with van der Waals surface area (Å²) < 4.78 is 12.5. The third-order valence-electron chi connectivity index (χ3n) is 6.95. The van der Waals surface area contributed by atoms with E-state index in [0.29, 0.717) is 50.0 Å². The Labute approximate surface area is 222 Å². The Bertz CT molecular complexity index is 1210. The summed E-state index contributed by atoms with van der Waals surface area (Å²) in [5, 5.41) is 11.8. The predicted octanol–water partition coefficient (Wildman–Crippen LogP) is 6.03. The molecule has 1 aliphatic carbocycles. The van der Waals surface area contributed by atoms with Crippen molar-refractivity contribution in [3.8, 4) is 11.1 Å². The monoisotopic (exact) mass is 570 g/mol. The zero-order valence-electron chi connectivity index (χ0n) is 19.7. The van der Waals surface area contributed by atoms with E-state index in [9.17, 15) is 14.7 Å². The van der Waals surface area contributed by atoms with Crippen LogP contribution in [0.1, 0.15) is 47.7 Å². The molecule has 36 heavy (non-hydrogen) atoms. The quantitative estimate of drug-likeness (QED) is 0.389. The van der Waals surface area contributed by atoms with Crippen LogP contribution < -0.4 is 0 Å². The minimum absolute atomic E-state index is 0.0246. The molecular weight excluding hydrogens is 544 g/mol. The Morgan fingerprint density at radius 3 is 2.22 bits per heavy atom. The number of hydrogen-bond donors (Lipinski definition) is 1. The zero-order valence-corrected chi connectivity index (χ0v) is 22.1. The topological polar surface area (TPSA) is 89.0 Å². The molecule has 1 amide bonds. The van der Waals surface area contributed by atoms with Crippen LogP contribution in [0.15, 0.2) is 58.5 Å². The lowest BCUT2D eigenvalue weighted by molar-refractivity contribution is -0.152. The van der Waals surface area contributed by atoms with Gasteiger partial charge in [0.25, 0.3) is 0 Å². The number of thiazole rings is 1. The summed E-state index contributed by atoms with van der Waals surface area (Å²) in [4.78, 5) is 30.6. The molecule has 2 aromatic carbocycles. The molecule has 1 N–H and O–H groups in total. The number of rotatable bonds is 6. The van der Waals surface area contributed by atoms with E-state index in [1.165, 1.54) is 33.6 Å². The second-order valence-corrected chi connectivity index (χ2v) is 10.8. The van der Waals surface area contributed by atoms with Crippen LogP contribution in [-0.2, 0) is 19.9 Å². The Hall–Kier alpha value is -2.75. The van der Waals surface area contributed by atoms with E-state index >= 15 is 0 Å². The molecule has 9 heteroatoms. The van der Waals surface area contributed by atoms with Gasteiger partial charge in [-0.05, 0) is 63.9 Å². The molecule has 1 fully saturated rings. The van der Waals surface area contributed by atoms with Gasteiger partial charge in [0.1, 0.15) is 28.4 Å². The normalized spacial score (nSPS) is 17.1. The number of carbonyl (C=O) groups excluding carboxylic acids is 1. The van der Waals surface area contributed by atoms with E-state index in [1.807, 2.05) is 29.6 Å². The summed E-state index contributed by atoms with van der Waals surface area (Å²) in [6.45, 7) is 0.943. The number of fused-ring (bicyclic) bond motifs is 3.